The van der Waals surface area contributed by atoms with Crippen LogP contribution in [0.5, 0.6) is 0 Å². The van der Waals surface area contributed by atoms with Crippen molar-refractivity contribution >= 4 is 48.6 Å². The molecule has 10 aromatic carbocycles. The van der Waals surface area contributed by atoms with E-state index in [9.17, 15) is 0 Å². The predicted molar refractivity (Wildman–Crippen MR) is 267 cm³/mol. The summed E-state index contributed by atoms with van der Waals surface area (Å²) in [6.45, 7) is 0. The number of fused-ring (bicyclic) bond motifs is 3. The van der Waals surface area contributed by atoms with Crippen LogP contribution in [0.3, 0.4) is 0 Å². The third-order valence-electron chi connectivity index (χ3n) is 12.0. The number of benzene rings is 10. The Morgan fingerprint density at radius 2 is 0.629 bits per heavy atom. The van der Waals surface area contributed by atoms with E-state index in [-0.39, 0.29) is 0 Å². The van der Waals surface area contributed by atoms with E-state index >= 15 is 0 Å². The molecule has 0 atom stereocenters. The van der Waals surface area contributed by atoms with Gasteiger partial charge in [-0.05, 0) is 104 Å². The van der Waals surface area contributed by atoms with Crippen molar-refractivity contribution in [3.8, 4) is 66.8 Å². The van der Waals surface area contributed by atoms with Gasteiger partial charge in [0.25, 0.3) is 0 Å². The fraction of sp³-hybridized carbons (Fsp3) is 0. The summed E-state index contributed by atoms with van der Waals surface area (Å²) >= 11 is 1.86. The lowest BCUT2D eigenvalue weighted by Crippen LogP contribution is -2.11. The first-order valence-corrected chi connectivity index (χ1v) is 22.0. The van der Waals surface area contributed by atoms with Crippen LogP contribution in [-0.2, 0) is 0 Å². The zero-order valence-electron chi connectivity index (χ0n) is 34.0. The minimum absolute atomic E-state index is 1.09. The molecule has 0 aliphatic rings. The normalized spacial score (nSPS) is 11.2. The van der Waals surface area contributed by atoms with E-state index in [1.165, 1.54) is 81.4 Å². The number of rotatable bonds is 9. The van der Waals surface area contributed by atoms with Crippen LogP contribution in [0.15, 0.2) is 249 Å². The van der Waals surface area contributed by atoms with Gasteiger partial charge in [0.2, 0.25) is 0 Å². The van der Waals surface area contributed by atoms with Crippen LogP contribution in [0.25, 0.3) is 86.9 Å². The first-order valence-electron chi connectivity index (χ1n) is 21.2. The third kappa shape index (κ3) is 6.97. The van der Waals surface area contributed by atoms with E-state index in [1.54, 1.807) is 0 Å². The van der Waals surface area contributed by atoms with E-state index in [4.69, 9.17) is 0 Å². The molecular weight excluding hydrogens is 767 g/mol. The molecule has 0 spiro atoms. The fourth-order valence-corrected chi connectivity index (χ4v) is 10.1. The monoisotopic (exact) mass is 807 g/mol. The molecule has 292 valence electrons. The van der Waals surface area contributed by atoms with Gasteiger partial charge in [0.05, 0.1) is 5.69 Å². The van der Waals surface area contributed by atoms with Gasteiger partial charge < -0.3 is 4.90 Å². The molecular formula is C60H41NS. The molecule has 1 nitrogen and oxygen atoms in total. The Bertz CT molecular complexity index is 3310. The van der Waals surface area contributed by atoms with Crippen LogP contribution in [0.1, 0.15) is 0 Å². The first-order chi connectivity index (χ1) is 30.8. The second-order valence-electron chi connectivity index (χ2n) is 15.6. The number of thiophene rings is 1. The van der Waals surface area contributed by atoms with Gasteiger partial charge in [-0.2, -0.15) is 0 Å². The molecule has 1 aromatic heterocycles. The molecule has 62 heavy (non-hydrogen) atoms. The highest BCUT2D eigenvalue weighted by Crippen LogP contribution is 2.46. The second-order valence-corrected chi connectivity index (χ2v) is 16.7. The number of para-hydroxylation sites is 1. The molecule has 0 radical (unpaired) electrons. The van der Waals surface area contributed by atoms with Crippen molar-refractivity contribution < 1.29 is 0 Å². The van der Waals surface area contributed by atoms with Crippen LogP contribution in [0.4, 0.5) is 17.1 Å². The van der Waals surface area contributed by atoms with E-state index < -0.39 is 0 Å². The molecule has 2 heteroatoms. The number of nitrogens with zero attached hydrogens (tertiary/aromatic N) is 1. The van der Waals surface area contributed by atoms with Crippen molar-refractivity contribution in [2.24, 2.45) is 0 Å². The fourth-order valence-electron chi connectivity index (χ4n) is 8.96. The van der Waals surface area contributed by atoms with Crippen molar-refractivity contribution in [1.29, 1.82) is 0 Å². The summed E-state index contributed by atoms with van der Waals surface area (Å²) in [6, 6.07) is 90.3. The highest BCUT2D eigenvalue weighted by atomic mass is 32.1. The molecule has 0 unspecified atom stereocenters. The Labute approximate surface area is 367 Å². The average Bonchev–Trinajstić information content (AvgIpc) is 3.75. The van der Waals surface area contributed by atoms with Gasteiger partial charge in [-0.3, -0.25) is 0 Å². The summed E-state index contributed by atoms with van der Waals surface area (Å²) in [5.74, 6) is 0. The van der Waals surface area contributed by atoms with Gasteiger partial charge in [0.15, 0.2) is 0 Å². The molecule has 0 N–H and O–H groups in total. The largest absolute Gasteiger partial charge is 0.310 e. The smallest absolute Gasteiger partial charge is 0.0540 e. The zero-order valence-corrected chi connectivity index (χ0v) is 34.8. The van der Waals surface area contributed by atoms with Crippen LogP contribution in [-0.4, -0.2) is 0 Å². The topological polar surface area (TPSA) is 3.24 Å². The third-order valence-corrected chi connectivity index (χ3v) is 13.1. The molecule has 0 aliphatic heterocycles. The maximum Gasteiger partial charge on any atom is 0.0540 e. The van der Waals surface area contributed by atoms with Crippen LogP contribution in [0, 0.1) is 0 Å². The number of hydrogen-bond acceptors (Lipinski definition) is 2. The lowest BCUT2D eigenvalue weighted by atomic mass is 9.88. The Morgan fingerprint density at radius 1 is 0.242 bits per heavy atom. The molecule has 1 heterocycles. The van der Waals surface area contributed by atoms with Crippen molar-refractivity contribution in [3.05, 3.63) is 249 Å². The van der Waals surface area contributed by atoms with E-state index in [0.717, 1.165) is 22.6 Å². The summed E-state index contributed by atoms with van der Waals surface area (Å²) in [7, 11) is 0. The van der Waals surface area contributed by atoms with Gasteiger partial charge >= 0.3 is 0 Å². The Kier molecular flexibility index (Phi) is 9.82. The quantitative estimate of drug-likeness (QED) is 0.140. The van der Waals surface area contributed by atoms with Gasteiger partial charge in [0, 0.05) is 37.1 Å². The van der Waals surface area contributed by atoms with E-state index in [0.29, 0.717) is 0 Å². The molecule has 0 aliphatic carbocycles. The molecule has 0 amide bonds. The van der Waals surface area contributed by atoms with Gasteiger partial charge in [-0.25, -0.2) is 0 Å². The minimum atomic E-state index is 1.09. The van der Waals surface area contributed by atoms with Gasteiger partial charge in [-0.15, -0.1) is 11.3 Å². The van der Waals surface area contributed by atoms with Crippen molar-refractivity contribution in [1.82, 2.24) is 0 Å². The maximum absolute atomic E-state index is 2.42. The van der Waals surface area contributed by atoms with Crippen molar-refractivity contribution in [2.75, 3.05) is 4.90 Å². The lowest BCUT2D eigenvalue weighted by molar-refractivity contribution is 1.28. The Hall–Kier alpha value is -7.78. The van der Waals surface area contributed by atoms with Crippen LogP contribution >= 0.6 is 11.3 Å². The molecule has 11 aromatic rings. The van der Waals surface area contributed by atoms with E-state index in [1.807, 2.05) is 11.3 Å². The number of anilines is 3. The summed E-state index contributed by atoms with van der Waals surface area (Å²) in [4.78, 5) is 2.42. The molecule has 0 saturated carbocycles. The summed E-state index contributed by atoms with van der Waals surface area (Å²) in [5, 5.41) is 2.63. The van der Waals surface area contributed by atoms with Crippen LogP contribution in [0.2, 0.25) is 0 Å². The van der Waals surface area contributed by atoms with Crippen molar-refractivity contribution in [3.63, 3.8) is 0 Å². The highest BCUT2D eigenvalue weighted by molar-refractivity contribution is 7.25. The SMILES string of the molecule is c1ccc(-c2ccc(-c3ccc(N(c4ccc(-c5cccc6sc7ccccc7c56)cc4)c4ccccc4-c4ccccc4-c4ccccc4-c4ccccc4)cc3)cc2)cc1. The standard InChI is InChI=1S/C60H41NS/c1-3-16-42(17-4-1)43-30-32-44(33-31-43)45-34-38-48(39-35-45)61(49-40-36-47(37-41-49)51-26-15-29-59-60(51)56-25-12-14-28-58(56)62-59)57-27-13-11-24-55(57)54-23-10-9-22-53(54)52-21-8-7-20-50(52)46-18-5-2-6-19-46/h1-41H. The summed E-state index contributed by atoms with van der Waals surface area (Å²) < 4.78 is 2.63. The highest BCUT2D eigenvalue weighted by Gasteiger charge is 2.21. The summed E-state index contributed by atoms with van der Waals surface area (Å²) in [6.07, 6.45) is 0. The van der Waals surface area contributed by atoms with Crippen LogP contribution < -0.4 is 4.90 Å². The Balaban J connectivity index is 1.04. The minimum Gasteiger partial charge on any atom is -0.310 e. The molecule has 11 rings (SSSR count). The average molecular weight is 808 g/mol. The van der Waals surface area contributed by atoms with Gasteiger partial charge in [-0.1, -0.05) is 206 Å². The predicted octanol–water partition coefficient (Wildman–Crippen LogP) is 17.5. The maximum atomic E-state index is 2.42. The Morgan fingerprint density at radius 3 is 1.26 bits per heavy atom. The lowest BCUT2D eigenvalue weighted by Gasteiger charge is -2.29. The second kappa shape index (κ2) is 16.3. The van der Waals surface area contributed by atoms with Crippen molar-refractivity contribution in [2.45, 2.75) is 0 Å². The number of hydrogen-bond donors (Lipinski definition) is 0. The zero-order chi connectivity index (χ0) is 41.2. The van der Waals surface area contributed by atoms with Gasteiger partial charge in [0.1, 0.15) is 0 Å². The van der Waals surface area contributed by atoms with E-state index in [2.05, 4.69) is 254 Å². The molecule has 0 fully saturated rings. The molecule has 0 saturated heterocycles. The first kappa shape index (κ1) is 37.2. The molecule has 0 bridgehead atoms. The summed E-state index contributed by atoms with van der Waals surface area (Å²) in [5.41, 5.74) is 17.7.